The Hall–Kier alpha value is -1.58. The molecule has 2 heterocycles. The fraction of sp³-hybridized carbons (Fsp3) is 0.118. The second-order valence-electron chi connectivity index (χ2n) is 5.12. The highest BCUT2D eigenvalue weighted by Crippen LogP contribution is 2.36. The number of imidazole rings is 1. The van der Waals surface area contributed by atoms with Gasteiger partial charge in [0.15, 0.2) is 0 Å². The van der Waals surface area contributed by atoms with Crippen LogP contribution in [0.25, 0.3) is 22.6 Å². The molecular formula is C17H14BrClN2. The molecule has 0 amide bonds. The molecule has 2 nitrogen and oxygen atoms in total. The number of aromatic nitrogens is 2. The lowest BCUT2D eigenvalue weighted by atomic mass is 10.1. The van der Waals surface area contributed by atoms with Crippen molar-refractivity contribution in [3.63, 3.8) is 0 Å². The van der Waals surface area contributed by atoms with E-state index < -0.39 is 0 Å². The van der Waals surface area contributed by atoms with Gasteiger partial charge < -0.3 is 4.57 Å². The summed E-state index contributed by atoms with van der Waals surface area (Å²) in [5.74, 6) is 1.07. The van der Waals surface area contributed by atoms with Gasteiger partial charge in [-0.15, -0.1) is 17.0 Å². The summed E-state index contributed by atoms with van der Waals surface area (Å²) in [4.78, 5) is 4.85. The van der Waals surface area contributed by atoms with Crippen molar-refractivity contribution >= 4 is 28.6 Å². The van der Waals surface area contributed by atoms with Crippen molar-refractivity contribution in [2.75, 3.05) is 0 Å². The first kappa shape index (κ1) is 14.4. The van der Waals surface area contributed by atoms with Crippen LogP contribution in [0.5, 0.6) is 0 Å². The zero-order valence-electron chi connectivity index (χ0n) is 11.5. The van der Waals surface area contributed by atoms with Crippen LogP contribution in [0, 0.1) is 6.92 Å². The molecule has 0 saturated carbocycles. The summed E-state index contributed by atoms with van der Waals surface area (Å²) in [5, 5.41) is 0.753. The average Bonchev–Trinajstić information content (AvgIpc) is 2.98. The summed E-state index contributed by atoms with van der Waals surface area (Å²) in [7, 11) is 0. The van der Waals surface area contributed by atoms with E-state index in [1.54, 1.807) is 0 Å². The number of hydrogen-bond donors (Lipinski definition) is 0. The summed E-state index contributed by atoms with van der Waals surface area (Å²) in [6.45, 7) is 3.05. The summed E-state index contributed by atoms with van der Waals surface area (Å²) in [5.41, 5.74) is 5.97. The maximum Gasteiger partial charge on any atom is 0.141 e. The fourth-order valence-corrected chi connectivity index (χ4v) is 2.99. The van der Waals surface area contributed by atoms with Crippen LogP contribution in [-0.2, 0) is 6.54 Å². The predicted molar refractivity (Wildman–Crippen MR) is 92.3 cm³/mol. The van der Waals surface area contributed by atoms with Gasteiger partial charge in [-0.2, -0.15) is 0 Å². The Morgan fingerprint density at radius 2 is 1.76 bits per heavy atom. The van der Waals surface area contributed by atoms with Crippen LogP contribution in [0.4, 0.5) is 0 Å². The van der Waals surface area contributed by atoms with Crippen molar-refractivity contribution in [1.82, 2.24) is 9.55 Å². The number of fused-ring (bicyclic) bond motifs is 3. The van der Waals surface area contributed by atoms with Crippen molar-refractivity contribution in [1.29, 1.82) is 0 Å². The summed E-state index contributed by atoms with van der Waals surface area (Å²) >= 11 is 5.96. The maximum absolute atomic E-state index is 5.96. The van der Waals surface area contributed by atoms with Gasteiger partial charge in [0, 0.05) is 21.8 Å². The first-order valence-electron chi connectivity index (χ1n) is 6.65. The molecule has 0 bridgehead atoms. The zero-order chi connectivity index (χ0) is 13.7. The lowest BCUT2D eigenvalue weighted by molar-refractivity contribution is 0.816. The quantitative estimate of drug-likeness (QED) is 0.460. The number of benzene rings is 2. The highest BCUT2D eigenvalue weighted by Gasteiger charge is 2.23. The first-order chi connectivity index (χ1) is 9.74. The van der Waals surface area contributed by atoms with Gasteiger partial charge in [-0.25, -0.2) is 4.98 Å². The van der Waals surface area contributed by atoms with Crippen LogP contribution in [0.15, 0.2) is 48.5 Å². The summed E-state index contributed by atoms with van der Waals surface area (Å²) in [6.07, 6.45) is 0. The fourth-order valence-electron chi connectivity index (χ4n) is 2.86. The topological polar surface area (TPSA) is 17.8 Å². The third-order valence-corrected chi connectivity index (χ3v) is 4.18. The molecule has 4 rings (SSSR count). The summed E-state index contributed by atoms with van der Waals surface area (Å²) in [6, 6.07) is 16.3. The molecule has 1 aliphatic heterocycles. The van der Waals surface area contributed by atoms with E-state index in [9.17, 15) is 0 Å². The second kappa shape index (κ2) is 5.32. The van der Waals surface area contributed by atoms with Crippen LogP contribution in [-0.4, -0.2) is 9.55 Å². The third kappa shape index (κ3) is 2.21. The van der Waals surface area contributed by atoms with Gasteiger partial charge in [-0.1, -0.05) is 48.0 Å². The lowest BCUT2D eigenvalue weighted by Crippen LogP contribution is -1.95. The van der Waals surface area contributed by atoms with Gasteiger partial charge in [0.1, 0.15) is 5.82 Å². The Bertz CT molecular complexity index is 806. The highest BCUT2D eigenvalue weighted by atomic mass is 79.9. The molecular weight excluding hydrogens is 348 g/mol. The van der Waals surface area contributed by atoms with Gasteiger partial charge in [-0.3, -0.25) is 0 Å². The molecule has 1 aliphatic rings. The molecule has 0 unspecified atom stereocenters. The Labute approximate surface area is 139 Å². The molecule has 0 radical (unpaired) electrons. The Balaban J connectivity index is 0.00000132. The zero-order valence-corrected chi connectivity index (χ0v) is 14.0. The van der Waals surface area contributed by atoms with Gasteiger partial charge in [0.05, 0.1) is 12.2 Å². The molecule has 106 valence electrons. The van der Waals surface area contributed by atoms with Crippen LogP contribution >= 0.6 is 28.6 Å². The molecule has 3 aromatic rings. The largest absolute Gasteiger partial charge is 0.323 e. The third-order valence-electron chi connectivity index (χ3n) is 3.93. The number of rotatable bonds is 1. The maximum atomic E-state index is 5.96. The average molecular weight is 362 g/mol. The van der Waals surface area contributed by atoms with E-state index in [1.807, 2.05) is 24.3 Å². The molecule has 1 aromatic heterocycles. The van der Waals surface area contributed by atoms with Crippen LogP contribution < -0.4 is 0 Å². The van der Waals surface area contributed by atoms with Gasteiger partial charge >= 0.3 is 0 Å². The van der Waals surface area contributed by atoms with Crippen molar-refractivity contribution in [3.8, 4) is 22.6 Å². The molecule has 0 aliphatic carbocycles. The van der Waals surface area contributed by atoms with Crippen molar-refractivity contribution in [3.05, 3.63) is 64.8 Å². The minimum Gasteiger partial charge on any atom is -0.323 e. The molecule has 0 spiro atoms. The smallest absolute Gasteiger partial charge is 0.141 e. The van der Waals surface area contributed by atoms with Gasteiger partial charge in [0.2, 0.25) is 0 Å². The van der Waals surface area contributed by atoms with Crippen LogP contribution in [0.2, 0.25) is 5.02 Å². The van der Waals surface area contributed by atoms with E-state index >= 15 is 0 Å². The van der Waals surface area contributed by atoms with Crippen LogP contribution in [0.1, 0.15) is 11.3 Å². The van der Waals surface area contributed by atoms with E-state index in [1.165, 1.54) is 16.8 Å². The SMILES string of the molecule is Br.Cc1c(-c2ccc(Cl)cc2)nc2n1Cc1ccccc1-2. The van der Waals surface area contributed by atoms with E-state index in [-0.39, 0.29) is 17.0 Å². The van der Waals surface area contributed by atoms with Gasteiger partial charge in [-0.05, 0) is 24.6 Å². The molecule has 0 saturated heterocycles. The van der Waals surface area contributed by atoms with E-state index in [4.69, 9.17) is 16.6 Å². The monoisotopic (exact) mass is 360 g/mol. The normalized spacial score (nSPS) is 11.7. The molecule has 0 fully saturated rings. The first-order valence-corrected chi connectivity index (χ1v) is 7.03. The van der Waals surface area contributed by atoms with Crippen LogP contribution in [0.3, 0.4) is 0 Å². The predicted octanol–water partition coefficient (Wildman–Crippen LogP) is 5.12. The molecule has 21 heavy (non-hydrogen) atoms. The molecule has 0 atom stereocenters. The van der Waals surface area contributed by atoms with E-state index in [2.05, 4.69) is 35.8 Å². The molecule has 4 heteroatoms. The lowest BCUT2D eigenvalue weighted by Gasteiger charge is -2.03. The molecule has 0 N–H and O–H groups in total. The Morgan fingerprint density at radius 3 is 2.52 bits per heavy atom. The highest BCUT2D eigenvalue weighted by molar-refractivity contribution is 8.93. The number of halogens is 2. The Morgan fingerprint density at radius 1 is 1.05 bits per heavy atom. The summed E-state index contributed by atoms with van der Waals surface area (Å²) < 4.78 is 2.29. The standard InChI is InChI=1S/C17H13ClN2.BrH/c1-11-16(12-6-8-14(18)9-7-12)19-17-15-5-3-2-4-13(15)10-20(11)17;/h2-9H,10H2,1H3;1H. The van der Waals surface area contributed by atoms with Crippen molar-refractivity contribution in [2.24, 2.45) is 0 Å². The molecule has 2 aromatic carbocycles. The second-order valence-corrected chi connectivity index (χ2v) is 5.56. The minimum atomic E-state index is 0. The van der Waals surface area contributed by atoms with Crippen molar-refractivity contribution < 1.29 is 0 Å². The van der Waals surface area contributed by atoms with Crippen molar-refractivity contribution in [2.45, 2.75) is 13.5 Å². The minimum absolute atomic E-state index is 0. The van der Waals surface area contributed by atoms with Gasteiger partial charge in [0.25, 0.3) is 0 Å². The van der Waals surface area contributed by atoms with E-state index in [0.29, 0.717) is 0 Å². The van der Waals surface area contributed by atoms with E-state index in [0.717, 1.165) is 28.6 Å². The number of nitrogens with zero attached hydrogens (tertiary/aromatic N) is 2. The number of hydrogen-bond acceptors (Lipinski definition) is 1. The Kier molecular flexibility index (Phi) is 3.64.